The molecule has 0 aliphatic heterocycles. The van der Waals surface area contributed by atoms with Gasteiger partial charge in [-0.25, -0.2) is 0 Å². The standard InChI is InChI=1S/C13H14ClN/c1-10(14)7-8-11-9-15(2)13-6-4-3-5-12(11)13/h3-10H,1-2H3/b8-7+. The van der Waals surface area contributed by atoms with E-state index in [1.807, 2.05) is 13.0 Å². The fourth-order valence-electron chi connectivity index (χ4n) is 1.74. The Hall–Kier alpha value is -1.21. The van der Waals surface area contributed by atoms with Gasteiger partial charge in [0.1, 0.15) is 0 Å². The highest BCUT2D eigenvalue weighted by molar-refractivity contribution is 6.21. The van der Waals surface area contributed by atoms with Gasteiger partial charge in [-0.15, -0.1) is 11.6 Å². The molecule has 1 aromatic carbocycles. The van der Waals surface area contributed by atoms with E-state index in [4.69, 9.17) is 11.6 Å². The Morgan fingerprint density at radius 3 is 2.80 bits per heavy atom. The van der Waals surface area contributed by atoms with Gasteiger partial charge in [0.05, 0.1) is 0 Å². The van der Waals surface area contributed by atoms with E-state index >= 15 is 0 Å². The summed E-state index contributed by atoms with van der Waals surface area (Å²) in [5.74, 6) is 0. The average Bonchev–Trinajstić information content (AvgIpc) is 2.54. The monoisotopic (exact) mass is 219 g/mol. The van der Waals surface area contributed by atoms with Crippen LogP contribution in [-0.2, 0) is 7.05 Å². The van der Waals surface area contributed by atoms with Gasteiger partial charge in [-0.2, -0.15) is 0 Å². The Bertz CT molecular complexity index is 494. The Balaban J connectivity index is 2.52. The van der Waals surface area contributed by atoms with Crippen molar-refractivity contribution in [3.63, 3.8) is 0 Å². The van der Waals surface area contributed by atoms with E-state index in [0.29, 0.717) is 0 Å². The zero-order valence-electron chi connectivity index (χ0n) is 8.94. The van der Waals surface area contributed by atoms with E-state index in [9.17, 15) is 0 Å². The van der Waals surface area contributed by atoms with Crippen molar-refractivity contribution in [3.8, 4) is 0 Å². The summed E-state index contributed by atoms with van der Waals surface area (Å²) in [4.78, 5) is 0. The molecule has 0 saturated carbocycles. The minimum absolute atomic E-state index is 0.0731. The normalized spacial score (nSPS) is 13.8. The van der Waals surface area contributed by atoms with E-state index in [1.165, 1.54) is 16.5 Å². The number of hydrogen-bond donors (Lipinski definition) is 0. The van der Waals surface area contributed by atoms with Crippen LogP contribution in [0, 0.1) is 0 Å². The van der Waals surface area contributed by atoms with E-state index in [1.54, 1.807) is 0 Å². The summed E-state index contributed by atoms with van der Waals surface area (Å²) in [6.45, 7) is 1.96. The van der Waals surface area contributed by atoms with Crippen LogP contribution in [0.5, 0.6) is 0 Å². The minimum Gasteiger partial charge on any atom is -0.350 e. The molecule has 2 heteroatoms. The third kappa shape index (κ3) is 2.07. The number of aryl methyl sites for hydroxylation is 1. The fourth-order valence-corrected chi connectivity index (χ4v) is 1.81. The second-order valence-electron chi connectivity index (χ2n) is 3.75. The van der Waals surface area contributed by atoms with Crippen molar-refractivity contribution in [2.75, 3.05) is 0 Å². The molecule has 1 heterocycles. The van der Waals surface area contributed by atoms with Crippen molar-refractivity contribution < 1.29 is 0 Å². The number of alkyl halides is 1. The van der Waals surface area contributed by atoms with Crippen molar-refractivity contribution >= 4 is 28.6 Å². The molecule has 0 aliphatic rings. The molecule has 0 fully saturated rings. The molecular formula is C13H14ClN. The molecule has 15 heavy (non-hydrogen) atoms. The number of rotatable bonds is 2. The van der Waals surface area contributed by atoms with Gasteiger partial charge >= 0.3 is 0 Å². The van der Waals surface area contributed by atoms with Crippen LogP contribution < -0.4 is 0 Å². The predicted octanol–water partition coefficient (Wildman–Crippen LogP) is 3.82. The zero-order chi connectivity index (χ0) is 10.8. The molecule has 0 N–H and O–H groups in total. The first kappa shape index (κ1) is 10.3. The Labute approximate surface area is 95.0 Å². The van der Waals surface area contributed by atoms with Gasteiger partial charge in [-0.3, -0.25) is 0 Å². The lowest BCUT2D eigenvalue weighted by Gasteiger charge is -1.93. The molecular weight excluding hydrogens is 206 g/mol. The Kier molecular flexibility index (Phi) is 2.83. The molecule has 1 nitrogen and oxygen atoms in total. The first-order valence-electron chi connectivity index (χ1n) is 5.05. The Morgan fingerprint density at radius 2 is 2.07 bits per heavy atom. The fraction of sp³-hybridized carbons (Fsp3) is 0.231. The van der Waals surface area contributed by atoms with Crippen LogP contribution in [0.2, 0.25) is 0 Å². The Morgan fingerprint density at radius 1 is 1.33 bits per heavy atom. The lowest BCUT2D eigenvalue weighted by Crippen LogP contribution is -1.81. The molecule has 0 aliphatic carbocycles. The number of para-hydroxylation sites is 1. The van der Waals surface area contributed by atoms with Gasteiger partial charge < -0.3 is 4.57 Å². The summed E-state index contributed by atoms with van der Waals surface area (Å²) in [5.41, 5.74) is 2.47. The number of halogens is 1. The van der Waals surface area contributed by atoms with Crippen molar-refractivity contribution in [2.45, 2.75) is 12.3 Å². The van der Waals surface area contributed by atoms with Crippen LogP contribution in [0.4, 0.5) is 0 Å². The summed E-state index contributed by atoms with van der Waals surface area (Å²) in [5, 5.41) is 1.34. The number of nitrogens with zero attached hydrogens (tertiary/aromatic N) is 1. The number of benzene rings is 1. The lowest BCUT2D eigenvalue weighted by atomic mass is 10.1. The second-order valence-corrected chi connectivity index (χ2v) is 4.44. The van der Waals surface area contributed by atoms with Crippen LogP contribution in [0.1, 0.15) is 12.5 Å². The molecule has 0 bridgehead atoms. The van der Waals surface area contributed by atoms with Crippen LogP contribution in [-0.4, -0.2) is 9.94 Å². The maximum atomic E-state index is 5.89. The summed E-state index contributed by atoms with van der Waals surface area (Å²) in [6.07, 6.45) is 6.21. The number of aromatic nitrogens is 1. The van der Waals surface area contributed by atoms with Crippen molar-refractivity contribution in [1.29, 1.82) is 0 Å². The quantitative estimate of drug-likeness (QED) is 0.677. The number of allylic oxidation sites excluding steroid dienone is 1. The van der Waals surface area contributed by atoms with Gasteiger partial charge in [0.15, 0.2) is 0 Å². The number of hydrogen-bond acceptors (Lipinski definition) is 0. The largest absolute Gasteiger partial charge is 0.350 e. The first-order valence-corrected chi connectivity index (χ1v) is 5.48. The highest BCUT2D eigenvalue weighted by atomic mass is 35.5. The van der Waals surface area contributed by atoms with Crippen molar-refractivity contribution in [1.82, 2.24) is 4.57 Å². The third-order valence-corrected chi connectivity index (χ3v) is 2.61. The van der Waals surface area contributed by atoms with Crippen LogP contribution in [0.15, 0.2) is 36.5 Å². The van der Waals surface area contributed by atoms with E-state index < -0.39 is 0 Å². The van der Waals surface area contributed by atoms with Gasteiger partial charge in [0, 0.05) is 29.5 Å². The predicted molar refractivity (Wildman–Crippen MR) is 67.3 cm³/mol. The van der Waals surface area contributed by atoms with Gasteiger partial charge in [0.2, 0.25) is 0 Å². The minimum atomic E-state index is 0.0731. The van der Waals surface area contributed by atoms with Gasteiger partial charge in [-0.05, 0) is 18.6 Å². The maximum Gasteiger partial charge on any atom is 0.0491 e. The molecule has 1 atom stereocenters. The molecule has 0 saturated heterocycles. The molecule has 78 valence electrons. The molecule has 2 rings (SSSR count). The third-order valence-electron chi connectivity index (χ3n) is 2.47. The van der Waals surface area contributed by atoms with Gasteiger partial charge in [0.25, 0.3) is 0 Å². The molecule has 0 spiro atoms. The van der Waals surface area contributed by atoms with E-state index in [-0.39, 0.29) is 5.38 Å². The smallest absolute Gasteiger partial charge is 0.0491 e. The summed E-state index contributed by atoms with van der Waals surface area (Å²) >= 11 is 5.89. The highest BCUT2D eigenvalue weighted by Crippen LogP contribution is 2.21. The van der Waals surface area contributed by atoms with E-state index in [2.05, 4.69) is 48.2 Å². The maximum absolute atomic E-state index is 5.89. The van der Waals surface area contributed by atoms with Crippen molar-refractivity contribution in [2.24, 2.45) is 7.05 Å². The first-order chi connectivity index (χ1) is 7.18. The summed E-state index contributed by atoms with van der Waals surface area (Å²) < 4.78 is 2.13. The summed E-state index contributed by atoms with van der Waals surface area (Å²) in [7, 11) is 2.06. The average molecular weight is 220 g/mol. The summed E-state index contributed by atoms with van der Waals surface area (Å²) in [6, 6.07) is 8.37. The van der Waals surface area contributed by atoms with Crippen LogP contribution in [0.25, 0.3) is 17.0 Å². The van der Waals surface area contributed by atoms with Crippen molar-refractivity contribution in [3.05, 3.63) is 42.1 Å². The zero-order valence-corrected chi connectivity index (χ0v) is 9.70. The molecule has 1 aromatic heterocycles. The highest BCUT2D eigenvalue weighted by Gasteiger charge is 2.02. The molecule has 1 unspecified atom stereocenters. The second kappa shape index (κ2) is 4.11. The SMILES string of the molecule is CC(Cl)/C=C/c1cn(C)c2ccccc12. The molecule has 0 amide bonds. The molecule has 2 aromatic rings. The topological polar surface area (TPSA) is 4.93 Å². The van der Waals surface area contributed by atoms with Gasteiger partial charge in [-0.1, -0.05) is 30.4 Å². The van der Waals surface area contributed by atoms with Crippen LogP contribution in [0.3, 0.4) is 0 Å². The van der Waals surface area contributed by atoms with E-state index in [0.717, 1.165) is 0 Å². The number of fused-ring (bicyclic) bond motifs is 1. The molecule has 0 radical (unpaired) electrons. The van der Waals surface area contributed by atoms with Crippen LogP contribution >= 0.6 is 11.6 Å². The lowest BCUT2D eigenvalue weighted by molar-refractivity contribution is 0.968.